The Morgan fingerprint density at radius 3 is 1.70 bits per heavy atom. The predicted molar refractivity (Wildman–Crippen MR) is 240 cm³/mol. The van der Waals surface area contributed by atoms with E-state index in [0.29, 0.717) is 13.2 Å². The molecule has 0 amide bonds. The van der Waals surface area contributed by atoms with Gasteiger partial charge < -0.3 is 25.8 Å². The van der Waals surface area contributed by atoms with Gasteiger partial charge in [0.1, 0.15) is 4.88 Å². The molecule has 0 atom stereocenters. The first-order valence-electron chi connectivity index (χ1n) is 18.2. The van der Waals surface area contributed by atoms with Crippen molar-refractivity contribution in [3.05, 3.63) is 104 Å². The van der Waals surface area contributed by atoms with Crippen LogP contribution in [0.15, 0.2) is 77.3 Å². The molecule has 324 valence electrons. The number of fused-ring (bicyclic) bond motifs is 2. The number of Topliss-reactive ketones (excluding diaryl/α,β-unsaturated/α-hetero) is 2. The first-order chi connectivity index (χ1) is 28.3. The molecule has 0 spiro atoms. The number of thiol groups is 1. The smallest absolute Gasteiger partial charge is 1.00 e. The molecule has 1 saturated heterocycles. The van der Waals surface area contributed by atoms with E-state index in [2.05, 4.69) is 38.2 Å². The first-order valence-corrected chi connectivity index (χ1v) is 20.6. The molecule has 0 N–H and O–H groups in total. The monoisotopic (exact) mass is 1020 g/mol. The average Bonchev–Trinajstić information content (AvgIpc) is 4.01. The molecular weight excluding hydrogens is 964 g/mol. The van der Waals surface area contributed by atoms with Crippen LogP contribution in [0.3, 0.4) is 0 Å². The zero-order valence-electron chi connectivity index (χ0n) is 36.9. The molecule has 61 heavy (non-hydrogen) atoms. The summed E-state index contributed by atoms with van der Waals surface area (Å²) in [6.07, 6.45) is 2.52. The number of carbonyl (C=O) groups is 5. The van der Waals surface area contributed by atoms with Gasteiger partial charge >= 0.3 is 115 Å². The third-order valence-corrected chi connectivity index (χ3v) is 10.7. The number of hydrogen-bond acceptors (Lipinski definition) is 14. The van der Waals surface area contributed by atoms with Crippen molar-refractivity contribution in [2.24, 2.45) is 0 Å². The van der Waals surface area contributed by atoms with Gasteiger partial charge in [0.25, 0.3) is 6.47 Å². The number of halogens is 2. The van der Waals surface area contributed by atoms with Crippen molar-refractivity contribution in [2.45, 2.75) is 61.3 Å². The van der Waals surface area contributed by atoms with E-state index in [0.717, 1.165) is 64.3 Å². The Morgan fingerprint density at radius 2 is 1.36 bits per heavy atom. The molecule has 3 aromatic carbocycles. The summed E-state index contributed by atoms with van der Waals surface area (Å²) < 4.78 is 33.0. The number of ketones is 2. The number of rotatable bonds is 8. The topological polar surface area (TPSA) is 169 Å². The fraction of sp³-hybridized carbons (Fsp3) is 0.349. The SMILES string of the molecule is C.C1CCOC1.CC(=O)c1ccccc1Br.CCOC(=O)CS.CCOC(=O)c1sc2ccccc2c1C.Cc1c(C(=O)CC#N)sc2ccccc12.O=CO[O-].[2H]CF.[H-].[K+].[K+]. The van der Waals surface area contributed by atoms with Crippen LogP contribution in [-0.4, -0.2) is 69.3 Å². The van der Waals surface area contributed by atoms with Crippen LogP contribution in [0.1, 0.15) is 91.1 Å². The zero-order valence-corrected chi connectivity index (χ0v) is 45.3. The van der Waals surface area contributed by atoms with E-state index in [9.17, 15) is 23.6 Å². The van der Waals surface area contributed by atoms with Crippen molar-refractivity contribution >= 4 is 101 Å². The molecular formula is C43H53BrFK2NO10S3. The van der Waals surface area contributed by atoms with Gasteiger partial charge in [-0.15, -0.1) is 22.7 Å². The second-order valence-electron chi connectivity index (χ2n) is 11.1. The maximum atomic E-state index is 11.6. The first kappa shape index (κ1) is 64.1. The Labute approximate surface area is 468 Å². The maximum Gasteiger partial charge on any atom is 1.00 e. The van der Waals surface area contributed by atoms with Crippen LogP contribution < -0.4 is 108 Å². The Morgan fingerprint density at radius 1 is 0.918 bits per heavy atom. The van der Waals surface area contributed by atoms with Gasteiger partial charge in [0.05, 0.1) is 44.9 Å². The fourth-order valence-electron chi connectivity index (χ4n) is 4.62. The van der Waals surface area contributed by atoms with Crippen LogP contribution in [0.25, 0.3) is 20.2 Å². The largest absolute Gasteiger partial charge is 1.00 e. The van der Waals surface area contributed by atoms with Crippen LogP contribution in [0.4, 0.5) is 4.39 Å². The van der Waals surface area contributed by atoms with Crippen LogP contribution in [0, 0.1) is 25.2 Å². The van der Waals surface area contributed by atoms with E-state index >= 15 is 0 Å². The summed E-state index contributed by atoms with van der Waals surface area (Å²) in [4.78, 5) is 56.9. The number of hydrogen-bond donors (Lipinski definition) is 1. The summed E-state index contributed by atoms with van der Waals surface area (Å²) in [6.45, 7) is 11.7. The molecule has 0 saturated carbocycles. The van der Waals surface area contributed by atoms with Crippen LogP contribution in [0.5, 0.6) is 0 Å². The maximum absolute atomic E-state index is 11.6. The number of carbonyl (C=O) groups excluding carboxylic acids is 5. The molecule has 6 rings (SSSR count). The number of nitrogens with zero attached hydrogens (tertiary/aromatic N) is 1. The van der Waals surface area contributed by atoms with E-state index in [1.807, 2.05) is 93.6 Å². The van der Waals surface area contributed by atoms with Crippen LogP contribution in [-0.2, 0) is 28.7 Å². The molecule has 0 radical (unpaired) electrons. The minimum atomic E-state index is -1.00. The third kappa shape index (κ3) is 26.4. The number of alkyl halides is 1. The van der Waals surface area contributed by atoms with Crippen LogP contribution >= 0.6 is 51.2 Å². The molecule has 18 heteroatoms. The van der Waals surface area contributed by atoms with Crippen molar-refractivity contribution in [2.75, 3.05) is 39.3 Å². The molecule has 0 aliphatic carbocycles. The summed E-state index contributed by atoms with van der Waals surface area (Å²) in [5, 5.41) is 19.2. The van der Waals surface area contributed by atoms with E-state index in [-0.39, 0.29) is 154 Å². The molecule has 11 nitrogen and oxygen atoms in total. The summed E-state index contributed by atoms with van der Waals surface area (Å²) in [5.41, 5.74) is 2.76. The Hall–Kier alpha value is -1.23. The number of benzene rings is 3. The molecule has 0 unspecified atom stereocenters. The minimum absolute atomic E-state index is 0. The average molecular weight is 1020 g/mol. The van der Waals surface area contributed by atoms with Crippen molar-refractivity contribution in [1.82, 2.24) is 0 Å². The number of thiophene rings is 2. The van der Waals surface area contributed by atoms with Gasteiger partial charge in [-0.3, -0.25) is 23.6 Å². The third-order valence-electron chi connectivity index (χ3n) is 7.20. The van der Waals surface area contributed by atoms with E-state index in [1.54, 1.807) is 19.9 Å². The summed E-state index contributed by atoms with van der Waals surface area (Å²) in [6, 6.07) is 25.2. The summed E-state index contributed by atoms with van der Waals surface area (Å²) in [5.74, 6) is -0.279. The zero-order chi connectivity index (χ0) is 44.6. The normalized spacial score (nSPS) is 10.2. The Kier molecular flexibility index (Phi) is 43.6. The van der Waals surface area contributed by atoms with Gasteiger partial charge in [0.2, 0.25) is 0 Å². The van der Waals surface area contributed by atoms with Gasteiger partial charge in [-0.2, -0.15) is 17.9 Å². The molecule has 1 aliphatic rings. The molecule has 0 bridgehead atoms. The summed E-state index contributed by atoms with van der Waals surface area (Å²) >= 11 is 9.92. The van der Waals surface area contributed by atoms with Gasteiger partial charge in [0.15, 0.2) is 11.6 Å². The molecule has 1 fully saturated rings. The number of ether oxygens (including phenoxy) is 3. The standard InChI is InChI=1S/C12H9NOS.C12H12O2S.C8H7BrO.C4H8O2S.C4H8O.CH3F.CH2O3.CH4.2K.H/c1-8-9-4-2-3-5-11(9)15-12(8)10(14)6-7-13;1-3-14-12(13)11-8(2)9-6-4-5-7-10(9)15-11;1-6(10)7-4-2-3-5-8(7)9;1-2-6-4(5)3-7;1-2-4-5-3-1;1-2;2-1-4-3;;;;/h2-5H,6H2,1H3;4-7H,3H2,1-2H3;2-5H,1H3;7H,2-3H2,1H3;1-4H2;1H3;1,3H;1H4;;;/q;;;;;;;;2*+1;-1/p-1/i;;;;;1D;;;;;. The van der Waals surface area contributed by atoms with E-state index in [1.165, 1.54) is 35.5 Å². The van der Waals surface area contributed by atoms with Gasteiger partial charge in [0, 0.05) is 32.6 Å². The molecule has 3 heterocycles. The molecule has 1 aliphatic heterocycles. The number of aryl methyl sites for hydroxylation is 2. The fourth-order valence-corrected chi connectivity index (χ4v) is 7.53. The van der Waals surface area contributed by atoms with Gasteiger partial charge in [-0.1, -0.05) is 78.0 Å². The van der Waals surface area contributed by atoms with Crippen molar-refractivity contribution in [3.8, 4) is 6.07 Å². The van der Waals surface area contributed by atoms with Crippen molar-refractivity contribution in [1.29, 1.82) is 5.26 Å². The Bertz CT molecular complexity index is 2080. The predicted octanol–water partition coefficient (Wildman–Crippen LogP) is 4.40. The Balaban J connectivity index is -0.000000219. The second-order valence-corrected chi connectivity index (χ2v) is 14.4. The van der Waals surface area contributed by atoms with Gasteiger partial charge in [-0.25, -0.2) is 4.79 Å². The van der Waals surface area contributed by atoms with Crippen molar-refractivity contribution in [3.63, 3.8) is 0 Å². The second kappa shape index (κ2) is 41.5. The van der Waals surface area contributed by atoms with Gasteiger partial charge in [-0.05, 0) is 87.6 Å². The molecule has 2 aromatic heterocycles. The molecule has 5 aromatic rings. The van der Waals surface area contributed by atoms with E-state index < -0.39 is 7.15 Å². The van der Waals surface area contributed by atoms with Crippen molar-refractivity contribution < 1.29 is 158 Å². The quantitative estimate of drug-likeness (QED) is 0.0445. The number of nitriles is 1. The minimum Gasteiger partial charge on any atom is -1.00 e. The summed E-state index contributed by atoms with van der Waals surface area (Å²) in [7, 11) is -1.00. The van der Waals surface area contributed by atoms with E-state index in [4.69, 9.17) is 26.2 Å². The van der Waals surface area contributed by atoms with Crippen LogP contribution in [0.2, 0.25) is 0 Å². The number of esters is 2.